The maximum Gasteiger partial charge on any atom is 0.248 e. The monoisotopic (exact) mass is 297 g/mol. The molecule has 3 aromatic rings. The molecule has 3 rings (SSSR count). The highest BCUT2D eigenvalue weighted by Crippen LogP contribution is 2.26. The highest BCUT2D eigenvalue weighted by Gasteiger charge is 2.10. The van der Waals surface area contributed by atoms with Gasteiger partial charge in [-0.05, 0) is 42.8 Å². The Morgan fingerprint density at radius 2 is 1.81 bits per heavy atom. The summed E-state index contributed by atoms with van der Waals surface area (Å²) >= 11 is 1.64. The van der Waals surface area contributed by atoms with Gasteiger partial charge in [-0.15, -0.1) is 22.0 Å². The maximum absolute atomic E-state index is 5.73. The molecule has 0 saturated heterocycles. The molecule has 1 aromatic heterocycles. The van der Waals surface area contributed by atoms with Crippen molar-refractivity contribution in [1.29, 1.82) is 0 Å². The van der Waals surface area contributed by atoms with Crippen LogP contribution in [0.5, 0.6) is 0 Å². The number of thioether (sulfide) groups is 1. The van der Waals surface area contributed by atoms with Crippen LogP contribution < -0.4 is 5.73 Å². The van der Waals surface area contributed by atoms with Crippen molar-refractivity contribution in [2.24, 2.45) is 0 Å². The normalized spacial score (nSPS) is 10.7. The molecule has 2 N–H and O–H groups in total. The van der Waals surface area contributed by atoms with Gasteiger partial charge in [0.15, 0.2) is 0 Å². The molecule has 0 fully saturated rings. The maximum atomic E-state index is 5.73. The van der Waals surface area contributed by atoms with Crippen LogP contribution in [-0.4, -0.2) is 10.2 Å². The summed E-state index contributed by atoms with van der Waals surface area (Å²) in [6, 6.07) is 15.7. The Balaban J connectivity index is 1.71. The number of anilines is 1. The molecule has 5 heteroatoms. The number of nitrogen functional groups attached to an aromatic ring is 1. The lowest BCUT2D eigenvalue weighted by atomic mass is 10.1. The number of rotatable bonds is 4. The third-order valence-electron chi connectivity index (χ3n) is 3.08. The smallest absolute Gasteiger partial charge is 0.248 e. The fourth-order valence-electron chi connectivity index (χ4n) is 1.94. The molecular weight excluding hydrogens is 282 g/mol. The topological polar surface area (TPSA) is 64.9 Å². The highest BCUT2D eigenvalue weighted by molar-refractivity contribution is 7.98. The lowest BCUT2D eigenvalue weighted by Gasteiger charge is -2.00. The Labute approximate surface area is 127 Å². The fraction of sp³-hybridized carbons (Fsp3) is 0.125. The third-order valence-corrected chi connectivity index (χ3v) is 4.08. The largest absolute Gasteiger partial charge is 0.420 e. The second-order valence-corrected chi connectivity index (χ2v) is 5.72. The predicted octanol–water partition coefficient (Wildman–Crippen LogP) is 3.92. The van der Waals surface area contributed by atoms with Crippen LogP contribution in [0.25, 0.3) is 11.5 Å². The first-order valence-electron chi connectivity index (χ1n) is 6.59. The lowest BCUT2D eigenvalue weighted by molar-refractivity contribution is 0.528. The van der Waals surface area contributed by atoms with E-state index in [0.29, 0.717) is 17.5 Å². The van der Waals surface area contributed by atoms with Crippen molar-refractivity contribution >= 4 is 17.4 Å². The standard InChI is InChI=1S/C16H15N3OS/c1-11-4-2-3-5-14(11)16-19-18-15(20-16)10-21-13-8-6-12(17)7-9-13/h2-9H,10,17H2,1H3. The second kappa shape index (κ2) is 6.01. The molecule has 0 unspecified atom stereocenters. The molecule has 0 radical (unpaired) electrons. The number of benzene rings is 2. The van der Waals surface area contributed by atoms with E-state index < -0.39 is 0 Å². The zero-order chi connectivity index (χ0) is 14.7. The van der Waals surface area contributed by atoms with Crippen LogP contribution >= 0.6 is 11.8 Å². The summed E-state index contributed by atoms with van der Waals surface area (Å²) in [5.74, 6) is 1.83. The van der Waals surface area contributed by atoms with E-state index in [1.54, 1.807) is 11.8 Å². The molecule has 0 aliphatic heterocycles. The lowest BCUT2D eigenvalue weighted by Crippen LogP contribution is -1.84. The summed E-state index contributed by atoms with van der Waals surface area (Å²) in [6.07, 6.45) is 0. The SMILES string of the molecule is Cc1ccccc1-c1nnc(CSc2ccc(N)cc2)o1. The van der Waals surface area contributed by atoms with Gasteiger partial charge in [0.05, 0.1) is 5.75 Å². The van der Waals surface area contributed by atoms with Gasteiger partial charge in [-0.2, -0.15) is 0 Å². The van der Waals surface area contributed by atoms with Crippen LogP contribution in [-0.2, 0) is 5.75 Å². The molecule has 0 spiro atoms. The first kappa shape index (κ1) is 13.7. The summed E-state index contributed by atoms with van der Waals surface area (Å²) in [7, 11) is 0. The van der Waals surface area contributed by atoms with E-state index in [4.69, 9.17) is 10.2 Å². The van der Waals surface area contributed by atoms with Crippen molar-refractivity contribution in [3.8, 4) is 11.5 Å². The third kappa shape index (κ3) is 3.25. The van der Waals surface area contributed by atoms with Crippen LogP contribution in [0.4, 0.5) is 5.69 Å². The fourth-order valence-corrected chi connectivity index (χ4v) is 2.68. The average Bonchev–Trinajstić information content (AvgIpc) is 2.96. The van der Waals surface area contributed by atoms with Crippen molar-refractivity contribution in [2.75, 3.05) is 5.73 Å². The van der Waals surface area contributed by atoms with Gasteiger partial charge in [0.1, 0.15) is 0 Å². The van der Waals surface area contributed by atoms with Gasteiger partial charge in [-0.1, -0.05) is 18.2 Å². The number of aromatic nitrogens is 2. The number of hydrogen-bond acceptors (Lipinski definition) is 5. The summed E-state index contributed by atoms with van der Waals surface area (Å²) in [6.45, 7) is 2.03. The molecule has 0 bridgehead atoms. The van der Waals surface area contributed by atoms with E-state index in [9.17, 15) is 0 Å². The molecule has 0 atom stereocenters. The Morgan fingerprint density at radius 1 is 1.05 bits per heavy atom. The van der Waals surface area contributed by atoms with Crippen molar-refractivity contribution in [1.82, 2.24) is 10.2 Å². The van der Waals surface area contributed by atoms with Gasteiger partial charge in [0, 0.05) is 16.1 Å². The first-order chi connectivity index (χ1) is 10.2. The van der Waals surface area contributed by atoms with Gasteiger partial charge in [-0.25, -0.2) is 0 Å². The minimum atomic E-state index is 0.570. The second-order valence-electron chi connectivity index (χ2n) is 4.67. The van der Waals surface area contributed by atoms with Crippen LogP contribution in [0.3, 0.4) is 0 Å². The zero-order valence-electron chi connectivity index (χ0n) is 11.6. The van der Waals surface area contributed by atoms with E-state index in [2.05, 4.69) is 10.2 Å². The number of nitrogens with two attached hydrogens (primary N) is 1. The minimum absolute atomic E-state index is 0.570. The summed E-state index contributed by atoms with van der Waals surface area (Å²) in [5, 5.41) is 8.23. The molecule has 106 valence electrons. The molecule has 0 aliphatic carbocycles. The highest BCUT2D eigenvalue weighted by atomic mass is 32.2. The Bertz CT molecular complexity index is 737. The van der Waals surface area contributed by atoms with Gasteiger partial charge in [-0.3, -0.25) is 0 Å². The van der Waals surface area contributed by atoms with Crippen LogP contribution in [0.15, 0.2) is 57.8 Å². The van der Waals surface area contributed by atoms with Crippen molar-refractivity contribution < 1.29 is 4.42 Å². The van der Waals surface area contributed by atoms with Crippen molar-refractivity contribution in [3.05, 3.63) is 60.0 Å². The molecule has 2 aromatic carbocycles. The molecule has 0 saturated carbocycles. The van der Waals surface area contributed by atoms with E-state index in [1.807, 2.05) is 55.5 Å². The Hall–Kier alpha value is -2.27. The predicted molar refractivity (Wildman–Crippen MR) is 84.9 cm³/mol. The quantitative estimate of drug-likeness (QED) is 0.584. The number of hydrogen-bond donors (Lipinski definition) is 1. The van der Waals surface area contributed by atoms with Gasteiger partial charge in [0.25, 0.3) is 0 Å². The summed E-state index contributed by atoms with van der Waals surface area (Å²) in [5.41, 5.74) is 8.53. The van der Waals surface area contributed by atoms with E-state index in [1.165, 1.54) is 0 Å². The van der Waals surface area contributed by atoms with Gasteiger partial charge >= 0.3 is 0 Å². The molecular formula is C16H15N3OS. The van der Waals surface area contributed by atoms with Crippen LogP contribution in [0, 0.1) is 6.92 Å². The minimum Gasteiger partial charge on any atom is -0.420 e. The van der Waals surface area contributed by atoms with E-state index in [-0.39, 0.29) is 0 Å². The molecule has 21 heavy (non-hydrogen) atoms. The van der Waals surface area contributed by atoms with Crippen LogP contribution in [0.2, 0.25) is 0 Å². The summed E-state index contributed by atoms with van der Waals surface area (Å²) in [4.78, 5) is 1.12. The van der Waals surface area contributed by atoms with Crippen molar-refractivity contribution in [2.45, 2.75) is 17.6 Å². The molecule has 4 nitrogen and oxygen atoms in total. The number of nitrogens with zero attached hydrogens (tertiary/aromatic N) is 2. The number of aryl methyl sites for hydroxylation is 1. The van der Waals surface area contributed by atoms with E-state index >= 15 is 0 Å². The first-order valence-corrected chi connectivity index (χ1v) is 7.57. The Morgan fingerprint density at radius 3 is 2.57 bits per heavy atom. The molecule has 0 amide bonds. The van der Waals surface area contributed by atoms with Crippen LogP contribution in [0.1, 0.15) is 11.5 Å². The molecule has 1 heterocycles. The van der Waals surface area contributed by atoms with Gasteiger partial charge < -0.3 is 10.2 Å². The molecule has 0 aliphatic rings. The van der Waals surface area contributed by atoms with Gasteiger partial charge in [0.2, 0.25) is 11.8 Å². The summed E-state index contributed by atoms with van der Waals surface area (Å²) < 4.78 is 5.73. The van der Waals surface area contributed by atoms with E-state index in [0.717, 1.165) is 21.7 Å². The average molecular weight is 297 g/mol. The van der Waals surface area contributed by atoms with Crippen molar-refractivity contribution in [3.63, 3.8) is 0 Å². The zero-order valence-corrected chi connectivity index (χ0v) is 12.4. The Kier molecular flexibility index (Phi) is 3.92.